The summed E-state index contributed by atoms with van der Waals surface area (Å²) in [5.74, 6) is 1.34. The number of halogens is 1. The highest BCUT2D eigenvalue weighted by molar-refractivity contribution is 9.09. The van der Waals surface area contributed by atoms with Crippen LogP contribution in [0.15, 0.2) is 24.3 Å². The van der Waals surface area contributed by atoms with Crippen LogP contribution in [0, 0.1) is 10.8 Å². The zero-order chi connectivity index (χ0) is 16.4. The second kappa shape index (κ2) is 5.04. The minimum atomic E-state index is -0.198. The quantitative estimate of drug-likeness (QED) is 0.756. The predicted octanol–water partition coefficient (Wildman–Crippen LogP) is 3.03. The Morgan fingerprint density at radius 1 is 1.09 bits per heavy atom. The van der Waals surface area contributed by atoms with E-state index >= 15 is 0 Å². The van der Waals surface area contributed by atoms with Crippen LogP contribution < -0.4 is 4.74 Å². The molecule has 1 atom stereocenters. The zero-order valence-corrected chi connectivity index (χ0v) is 15.5. The molecule has 4 bridgehead atoms. The van der Waals surface area contributed by atoms with E-state index in [4.69, 9.17) is 4.74 Å². The van der Waals surface area contributed by atoms with Gasteiger partial charge in [0.1, 0.15) is 11.5 Å². The lowest BCUT2D eigenvalue weighted by Crippen LogP contribution is -2.75. The summed E-state index contributed by atoms with van der Waals surface area (Å²) in [6.07, 6.45) is 0.291. The van der Waals surface area contributed by atoms with Crippen molar-refractivity contribution in [1.29, 1.82) is 0 Å². The van der Waals surface area contributed by atoms with Gasteiger partial charge in [-0.15, -0.1) is 0 Å². The molecular weight excluding hydrogens is 356 g/mol. The number of Topliss-reactive ketones (excluding diaryl/α,β-unsaturated/α-hetero) is 1. The molecule has 0 aromatic heterocycles. The summed E-state index contributed by atoms with van der Waals surface area (Å²) in [6, 6.07) is 8.39. The lowest BCUT2D eigenvalue weighted by Gasteiger charge is -2.64. The van der Waals surface area contributed by atoms with E-state index in [1.165, 1.54) is 5.56 Å². The van der Waals surface area contributed by atoms with Crippen LogP contribution in [0.5, 0.6) is 5.75 Å². The zero-order valence-electron chi connectivity index (χ0n) is 13.9. The summed E-state index contributed by atoms with van der Waals surface area (Å²) >= 11 is 3.40. The van der Waals surface area contributed by atoms with Gasteiger partial charge in [-0.3, -0.25) is 14.6 Å². The van der Waals surface area contributed by atoms with E-state index in [0.717, 1.165) is 31.9 Å². The number of carbonyl (C=O) groups is 1. The number of hydrogen-bond acceptors (Lipinski definition) is 4. The first-order chi connectivity index (χ1) is 10.8. The Bertz CT molecular complexity index is 603. The number of piperidine rings is 2. The first kappa shape index (κ1) is 15.6. The third-order valence-electron chi connectivity index (χ3n) is 5.47. The lowest BCUT2D eigenvalue weighted by atomic mass is 9.62. The Hall–Kier alpha value is -0.910. The van der Waals surface area contributed by atoms with Crippen molar-refractivity contribution >= 4 is 21.7 Å². The molecule has 1 unspecified atom stereocenters. The maximum absolute atomic E-state index is 12.7. The van der Waals surface area contributed by atoms with Crippen LogP contribution in [0.4, 0.5) is 0 Å². The number of nitrogens with zero attached hydrogens (tertiary/aromatic N) is 2. The summed E-state index contributed by atoms with van der Waals surface area (Å²) in [5, 5.41) is 0.00735. The van der Waals surface area contributed by atoms with E-state index in [9.17, 15) is 4.79 Å². The van der Waals surface area contributed by atoms with Crippen LogP contribution in [-0.2, 0) is 4.79 Å². The van der Waals surface area contributed by atoms with Gasteiger partial charge in [0.05, 0.1) is 17.0 Å². The normalized spacial score (nSPS) is 42.8. The Labute approximate surface area is 145 Å². The van der Waals surface area contributed by atoms with Crippen molar-refractivity contribution in [3.63, 3.8) is 0 Å². The van der Waals surface area contributed by atoms with E-state index in [2.05, 4.69) is 51.7 Å². The van der Waals surface area contributed by atoms with Crippen LogP contribution in [0.1, 0.15) is 32.5 Å². The number of carbonyl (C=O) groups excluding carboxylic acids is 1. The summed E-state index contributed by atoms with van der Waals surface area (Å²) in [6.45, 7) is 9.73. The third-order valence-corrected chi connectivity index (χ3v) is 5.66. The molecule has 1 aromatic carbocycles. The number of ketones is 1. The number of ether oxygens (including phenoxy) is 1. The molecule has 0 saturated carbocycles. The van der Waals surface area contributed by atoms with E-state index in [0.29, 0.717) is 11.9 Å². The predicted molar refractivity (Wildman–Crippen MR) is 92.6 cm³/mol. The van der Waals surface area contributed by atoms with Gasteiger partial charge in [0.25, 0.3) is 0 Å². The Morgan fingerprint density at radius 2 is 1.57 bits per heavy atom. The average Bonchev–Trinajstić information content (AvgIpc) is 2.44. The molecule has 4 fully saturated rings. The van der Waals surface area contributed by atoms with Gasteiger partial charge in [-0.2, -0.15) is 0 Å². The van der Waals surface area contributed by atoms with Gasteiger partial charge in [-0.05, 0) is 40.5 Å². The molecule has 4 heterocycles. The molecule has 0 amide bonds. The van der Waals surface area contributed by atoms with Crippen LogP contribution >= 0.6 is 15.9 Å². The van der Waals surface area contributed by atoms with Crippen molar-refractivity contribution in [2.75, 3.05) is 26.2 Å². The van der Waals surface area contributed by atoms with Crippen molar-refractivity contribution in [3.05, 3.63) is 29.8 Å². The highest BCUT2D eigenvalue weighted by atomic mass is 79.9. The number of benzene rings is 1. The number of rotatable bonds is 3. The van der Waals surface area contributed by atoms with Crippen molar-refractivity contribution in [2.24, 2.45) is 10.8 Å². The van der Waals surface area contributed by atoms with Gasteiger partial charge in [-0.25, -0.2) is 0 Å². The van der Waals surface area contributed by atoms with E-state index in [-0.39, 0.29) is 15.8 Å². The molecule has 0 N–H and O–H groups in total. The molecule has 5 heteroatoms. The first-order valence-electron chi connectivity index (χ1n) is 8.25. The van der Waals surface area contributed by atoms with Gasteiger partial charge in [0.2, 0.25) is 0 Å². The second-order valence-corrected chi connectivity index (χ2v) is 9.15. The fourth-order valence-electron chi connectivity index (χ4n) is 4.93. The summed E-state index contributed by atoms with van der Waals surface area (Å²) in [5.41, 5.74) is 0.893. The van der Waals surface area contributed by atoms with Crippen LogP contribution in [0.25, 0.3) is 0 Å². The summed E-state index contributed by atoms with van der Waals surface area (Å²) < 4.78 is 5.67. The number of alkyl halides is 1. The van der Waals surface area contributed by atoms with E-state index < -0.39 is 0 Å². The Balaban J connectivity index is 1.61. The molecule has 4 aliphatic rings. The highest BCUT2D eigenvalue weighted by Crippen LogP contribution is 2.51. The summed E-state index contributed by atoms with van der Waals surface area (Å²) in [7, 11) is 0. The van der Waals surface area contributed by atoms with Crippen molar-refractivity contribution < 1.29 is 9.53 Å². The van der Waals surface area contributed by atoms with Crippen molar-refractivity contribution in [3.8, 4) is 5.75 Å². The average molecular weight is 379 g/mol. The van der Waals surface area contributed by atoms with Gasteiger partial charge in [0.15, 0.2) is 5.01 Å². The van der Waals surface area contributed by atoms with Crippen LogP contribution in [0.2, 0.25) is 0 Å². The maximum atomic E-state index is 12.7. The topological polar surface area (TPSA) is 32.8 Å². The van der Waals surface area contributed by atoms with E-state index in [1.807, 2.05) is 19.1 Å². The smallest absolute Gasteiger partial charge is 0.150 e. The minimum Gasteiger partial charge on any atom is -0.480 e. The van der Waals surface area contributed by atoms with Crippen molar-refractivity contribution in [1.82, 2.24) is 9.80 Å². The third kappa shape index (κ3) is 2.36. The fraction of sp³-hybridized carbons (Fsp3) is 0.611. The van der Waals surface area contributed by atoms with Gasteiger partial charge in [-0.1, -0.05) is 26.0 Å². The molecule has 4 saturated heterocycles. The molecule has 23 heavy (non-hydrogen) atoms. The molecule has 5 rings (SSSR count). The molecular formula is C18H23BrN2O2. The lowest BCUT2D eigenvalue weighted by molar-refractivity contribution is -0.197. The molecule has 0 radical (unpaired) electrons. The molecule has 124 valence electrons. The van der Waals surface area contributed by atoms with Gasteiger partial charge < -0.3 is 4.74 Å². The highest BCUT2D eigenvalue weighted by Gasteiger charge is 2.61. The SMILES string of the molecule is CC(Br)Oc1ccc(C2N3CC4(C)CN2CC(C)(C3)C4=O)cc1. The summed E-state index contributed by atoms with van der Waals surface area (Å²) in [4.78, 5) is 17.7. The molecule has 4 nitrogen and oxygen atoms in total. The van der Waals surface area contributed by atoms with Crippen LogP contribution in [0.3, 0.4) is 0 Å². The standard InChI is InChI=1S/C18H23BrN2O2/c1-12(19)23-14-6-4-13(5-7-14)15-20-8-17(2)9-21(15)11-18(3,10-20)16(17)22/h4-7,12,15H,8-11H2,1-3H3. The largest absolute Gasteiger partial charge is 0.480 e. The molecule has 4 aliphatic heterocycles. The molecule has 0 aliphatic carbocycles. The molecule has 0 spiro atoms. The fourth-order valence-corrected chi connectivity index (χ4v) is 5.14. The van der Waals surface area contributed by atoms with Gasteiger partial charge >= 0.3 is 0 Å². The van der Waals surface area contributed by atoms with E-state index in [1.54, 1.807) is 0 Å². The van der Waals surface area contributed by atoms with Crippen molar-refractivity contribution in [2.45, 2.75) is 32.0 Å². The van der Waals surface area contributed by atoms with Crippen LogP contribution in [-0.4, -0.2) is 46.8 Å². The molecule has 1 aromatic rings. The maximum Gasteiger partial charge on any atom is 0.150 e. The Kier molecular flexibility index (Phi) is 3.42. The Morgan fingerprint density at radius 3 is 2.00 bits per heavy atom. The second-order valence-electron chi connectivity index (χ2n) is 7.86. The van der Waals surface area contributed by atoms with Gasteiger partial charge in [0, 0.05) is 26.2 Å². The first-order valence-corrected chi connectivity index (χ1v) is 9.16. The number of hydrogen-bond donors (Lipinski definition) is 0. The minimum absolute atomic E-state index is 0.00735. The monoisotopic (exact) mass is 378 g/mol.